The molecule has 15 heavy (non-hydrogen) atoms. The van der Waals surface area contributed by atoms with Gasteiger partial charge in [0.2, 0.25) is 5.91 Å². The molecule has 0 aliphatic carbocycles. The van der Waals surface area contributed by atoms with Gasteiger partial charge in [-0.1, -0.05) is 0 Å². The van der Waals surface area contributed by atoms with E-state index in [4.69, 9.17) is 5.11 Å². The van der Waals surface area contributed by atoms with Crippen LogP contribution >= 0.6 is 0 Å². The average Bonchev–Trinajstić information content (AvgIpc) is 2.46. The lowest BCUT2D eigenvalue weighted by atomic mass is 10.2. The molecule has 0 saturated carbocycles. The van der Waals surface area contributed by atoms with Crippen LogP contribution in [-0.4, -0.2) is 57.4 Å². The highest BCUT2D eigenvalue weighted by Gasteiger charge is 2.31. The second kappa shape index (κ2) is 5.09. The van der Waals surface area contributed by atoms with Gasteiger partial charge in [0.25, 0.3) is 0 Å². The van der Waals surface area contributed by atoms with Crippen molar-refractivity contribution in [1.29, 1.82) is 0 Å². The van der Waals surface area contributed by atoms with Gasteiger partial charge in [0.1, 0.15) is 0 Å². The molecule has 1 aliphatic rings. The summed E-state index contributed by atoms with van der Waals surface area (Å²) in [6.07, 6.45) is -1.37. The standard InChI is InChI=1S/C9H15NO5/c11-6-4-10(5-7(6)12)8(13)2-1-3-9(14)15/h6-7,11-12H,1-5H2,(H,14,15)/t6-,7+. The first-order chi connectivity index (χ1) is 7.00. The van der Waals surface area contributed by atoms with E-state index in [1.54, 1.807) is 0 Å². The summed E-state index contributed by atoms with van der Waals surface area (Å²) < 4.78 is 0. The Morgan fingerprint density at radius 2 is 1.67 bits per heavy atom. The lowest BCUT2D eigenvalue weighted by Crippen LogP contribution is -2.29. The quantitative estimate of drug-likeness (QED) is 0.549. The summed E-state index contributed by atoms with van der Waals surface area (Å²) in [4.78, 5) is 23.0. The first kappa shape index (κ1) is 11.9. The van der Waals surface area contributed by atoms with Crippen LogP contribution in [0.5, 0.6) is 0 Å². The Bertz CT molecular complexity index is 245. The molecule has 1 amide bonds. The average molecular weight is 217 g/mol. The van der Waals surface area contributed by atoms with Gasteiger partial charge in [-0.3, -0.25) is 9.59 Å². The van der Waals surface area contributed by atoms with E-state index >= 15 is 0 Å². The minimum atomic E-state index is -0.927. The molecule has 2 atom stereocenters. The van der Waals surface area contributed by atoms with Crippen molar-refractivity contribution in [3.8, 4) is 0 Å². The Kier molecular flexibility index (Phi) is 4.05. The zero-order chi connectivity index (χ0) is 11.4. The number of amides is 1. The minimum absolute atomic E-state index is 0.0370. The van der Waals surface area contributed by atoms with E-state index in [1.165, 1.54) is 4.90 Å². The SMILES string of the molecule is O=C(O)CCCC(=O)N1C[C@@H](O)[C@@H](O)C1. The van der Waals surface area contributed by atoms with Gasteiger partial charge >= 0.3 is 5.97 Å². The number of carbonyl (C=O) groups is 2. The number of aliphatic hydroxyl groups excluding tert-OH is 2. The van der Waals surface area contributed by atoms with E-state index in [0.29, 0.717) is 0 Å². The van der Waals surface area contributed by atoms with Crippen LogP contribution in [0.4, 0.5) is 0 Å². The predicted molar refractivity (Wildman–Crippen MR) is 50.1 cm³/mol. The Morgan fingerprint density at radius 3 is 2.13 bits per heavy atom. The number of hydrogen-bond donors (Lipinski definition) is 3. The molecule has 1 fully saturated rings. The molecule has 0 aromatic heterocycles. The maximum atomic E-state index is 11.4. The fourth-order valence-corrected chi connectivity index (χ4v) is 1.52. The maximum Gasteiger partial charge on any atom is 0.303 e. The molecule has 6 nitrogen and oxygen atoms in total. The van der Waals surface area contributed by atoms with E-state index in [-0.39, 0.29) is 38.3 Å². The number of rotatable bonds is 4. The number of carbonyl (C=O) groups excluding carboxylic acids is 1. The van der Waals surface area contributed by atoms with Gasteiger partial charge in [0.15, 0.2) is 0 Å². The zero-order valence-corrected chi connectivity index (χ0v) is 8.30. The van der Waals surface area contributed by atoms with E-state index in [1.807, 2.05) is 0 Å². The van der Waals surface area contributed by atoms with Crippen molar-refractivity contribution in [2.24, 2.45) is 0 Å². The number of hydrogen-bond acceptors (Lipinski definition) is 4. The predicted octanol–water partition coefficient (Wildman–Crippen LogP) is -1.19. The van der Waals surface area contributed by atoms with Gasteiger partial charge < -0.3 is 20.2 Å². The van der Waals surface area contributed by atoms with Crippen LogP contribution < -0.4 is 0 Å². The first-order valence-electron chi connectivity index (χ1n) is 4.86. The third-order valence-electron chi connectivity index (χ3n) is 2.39. The Balaban J connectivity index is 2.26. The molecule has 0 aromatic carbocycles. The molecular weight excluding hydrogens is 202 g/mol. The number of aliphatic hydroxyl groups is 2. The van der Waals surface area contributed by atoms with Crippen molar-refractivity contribution in [3.05, 3.63) is 0 Å². The fourth-order valence-electron chi connectivity index (χ4n) is 1.52. The summed E-state index contributed by atoms with van der Waals surface area (Å²) >= 11 is 0. The number of β-amino-alcohol motifs (C(OH)–C–C–N with tert-alkyl or cyclic N) is 2. The highest BCUT2D eigenvalue weighted by atomic mass is 16.4. The molecular formula is C9H15NO5. The lowest BCUT2D eigenvalue weighted by molar-refractivity contribution is -0.137. The van der Waals surface area contributed by atoms with Gasteiger partial charge in [-0.2, -0.15) is 0 Å². The van der Waals surface area contributed by atoms with Crippen molar-refractivity contribution < 1.29 is 24.9 Å². The Morgan fingerprint density at radius 1 is 1.13 bits per heavy atom. The van der Waals surface area contributed by atoms with Crippen LogP contribution in [0.1, 0.15) is 19.3 Å². The highest BCUT2D eigenvalue weighted by molar-refractivity contribution is 5.77. The zero-order valence-electron chi connectivity index (χ0n) is 8.30. The van der Waals surface area contributed by atoms with Crippen molar-refractivity contribution in [2.75, 3.05) is 13.1 Å². The number of likely N-dealkylation sites (tertiary alicyclic amines) is 1. The summed E-state index contributed by atoms with van der Waals surface area (Å²) in [6, 6.07) is 0. The number of nitrogens with zero attached hydrogens (tertiary/aromatic N) is 1. The summed E-state index contributed by atoms with van der Waals surface area (Å²) in [7, 11) is 0. The molecule has 0 radical (unpaired) electrons. The maximum absolute atomic E-state index is 11.4. The van der Waals surface area contributed by atoms with Crippen LogP contribution in [0.25, 0.3) is 0 Å². The van der Waals surface area contributed by atoms with E-state index < -0.39 is 18.2 Å². The summed E-state index contributed by atoms with van der Waals surface area (Å²) in [5.41, 5.74) is 0. The topological polar surface area (TPSA) is 98.1 Å². The van der Waals surface area contributed by atoms with Crippen LogP contribution in [0.2, 0.25) is 0 Å². The molecule has 3 N–H and O–H groups in total. The van der Waals surface area contributed by atoms with Crippen LogP contribution in [0.3, 0.4) is 0 Å². The summed E-state index contributed by atoms with van der Waals surface area (Å²) in [6.45, 7) is 0.264. The van der Waals surface area contributed by atoms with Crippen molar-refractivity contribution in [3.63, 3.8) is 0 Å². The third kappa shape index (κ3) is 3.49. The highest BCUT2D eigenvalue weighted by Crippen LogP contribution is 2.12. The first-order valence-corrected chi connectivity index (χ1v) is 4.86. The molecule has 0 bridgehead atoms. The molecule has 1 aliphatic heterocycles. The Labute approximate surface area is 87.1 Å². The molecule has 0 aromatic rings. The second-order valence-corrected chi connectivity index (χ2v) is 3.68. The number of carboxylic acids is 1. The molecule has 0 unspecified atom stereocenters. The largest absolute Gasteiger partial charge is 0.481 e. The van der Waals surface area contributed by atoms with Crippen molar-refractivity contribution in [1.82, 2.24) is 4.90 Å². The normalized spacial score (nSPS) is 25.6. The van der Waals surface area contributed by atoms with Crippen LogP contribution in [0, 0.1) is 0 Å². The van der Waals surface area contributed by atoms with Gasteiger partial charge in [-0.15, -0.1) is 0 Å². The fraction of sp³-hybridized carbons (Fsp3) is 0.778. The Hall–Kier alpha value is -1.14. The van der Waals surface area contributed by atoms with Gasteiger partial charge in [0, 0.05) is 25.9 Å². The summed E-state index contributed by atoms with van der Waals surface area (Å²) in [5, 5.41) is 26.8. The smallest absolute Gasteiger partial charge is 0.303 e. The van der Waals surface area contributed by atoms with Crippen molar-refractivity contribution in [2.45, 2.75) is 31.5 Å². The molecule has 6 heteroatoms. The van der Waals surface area contributed by atoms with E-state index in [2.05, 4.69) is 0 Å². The molecule has 1 rings (SSSR count). The summed E-state index contributed by atoms with van der Waals surface area (Å²) in [5.74, 6) is -1.14. The van der Waals surface area contributed by atoms with Crippen molar-refractivity contribution >= 4 is 11.9 Å². The number of aliphatic carboxylic acids is 1. The lowest BCUT2D eigenvalue weighted by Gasteiger charge is -2.14. The van der Waals surface area contributed by atoms with Crippen LogP contribution in [0.15, 0.2) is 0 Å². The van der Waals surface area contributed by atoms with Crippen LogP contribution in [-0.2, 0) is 9.59 Å². The molecule has 1 heterocycles. The molecule has 86 valence electrons. The minimum Gasteiger partial charge on any atom is -0.481 e. The third-order valence-corrected chi connectivity index (χ3v) is 2.39. The monoisotopic (exact) mass is 217 g/mol. The van der Waals surface area contributed by atoms with Gasteiger partial charge in [0.05, 0.1) is 12.2 Å². The molecule has 1 saturated heterocycles. The van der Waals surface area contributed by atoms with Gasteiger partial charge in [-0.25, -0.2) is 0 Å². The van der Waals surface area contributed by atoms with E-state index in [9.17, 15) is 19.8 Å². The second-order valence-electron chi connectivity index (χ2n) is 3.68. The number of carboxylic acid groups (broad SMARTS) is 1. The van der Waals surface area contributed by atoms with E-state index in [0.717, 1.165) is 0 Å². The molecule has 0 spiro atoms. The van der Waals surface area contributed by atoms with Gasteiger partial charge in [-0.05, 0) is 6.42 Å².